The molecule has 1 aromatic rings. The zero-order valence-electron chi connectivity index (χ0n) is 12.2. The molecule has 0 bridgehead atoms. The zero-order valence-corrected chi connectivity index (χ0v) is 13.8. The van der Waals surface area contributed by atoms with Crippen LogP contribution in [-0.2, 0) is 19.9 Å². The fraction of sp³-hybridized carbons (Fsp3) is 0.462. The van der Waals surface area contributed by atoms with Crippen molar-refractivity contribution in [3.8, 4) is 6.07 Å². The molecule has 10 heteroatoms. The molecule has 3 N–H and O–H groups in total. The minimum atomic E-state index is -4.08. The van der Waals surface area contributed by atoms with Gasteiger partial charge in [0, 0.05) is 13.1 Å². The van der Waals surface area contributed by atoms with E-state index in [4.69, 9.17) is 11.0 Å². The molecular formula is C13H17N3O5S2. The van der Waals surface area contributed by atoms with Crippen LogP contribution in [0.15, 0.2) is 29.2 Å². The number of nitriles is 1. The molecule has 0 radical (unpaired) electrons. The lowest BCUT2D eigenvalue weighted by Gasteiger charge is -2.28. The number of nitrogens with two attached hydrogens (primary N) is 1. The number of aliphatic hydroxyl groups is 1. The second-order valence-electron chi connectivity index (χ2n) is 5.26. The Labute approximate surface area is 135 Å². The SMILES string of the molecule is N#Cc1cccc(S(=O)(=O)N(CCN)[C@H]2CS(=O)(=O)C[C@H]2O)c1. The number of sulfonamides is 1. The Morgan fingerprint density at radius 3 is 2.61 bits per heavy atom. The van der Waals surface area contributed by atoms with E-state index in [1.807, 2.05) is 6.07 Å². The highest BCUT2D eigenvalue weighted by Crippen LogP contribution is 2.25. The van der Waals surface area contributed by atoms with E-state index in [9.17, 15) is 21.9 Å². The van der Waals surface area contributed by atoms with Gasteiger partial charge in [0.15, 0.2) is 9.84 Å². The van der Waals surface area contributed by atoms with Gasteiger partial charge < -0.3 is 10.8 Å². The number of benzene rings is 1. The molecule has 1 heterocycles. The summed E-state index contributed by atoms with van der Waals surface area (Å²) in [6.45, 7) is -0.156. The van der Waals surface area contributed by atoms with Crippen molar-refractivity contribution in [1.82, 2.24) is 4.31 Å². The molecular weight excluding hydrogens is 342 g/mol. The molecule has 1 aliphatic heterocycles. The molecule has 0 spiro atoms. The van der Waals surface area contributed by atoms with Crippen molar-refractivity contribution in [2.24, 2.45) is 5.73 Å². The Hall–Kier alpha value is -1.51. The van der Waals surface area contributed by atoms with Crippen molar-refractivity contribution >= 4 is 19.9 Å². The van der Waals surface area contributed by atoms with Crippen LogP contribution in [0.2, 0.25) is 0 Å². The molecule has 8 nitrogen and oxygen atoms in total. The normalized spacial score (nSPS) is 23.7. The second kappa shape index (κ2) is 6.54. The molecule has 1 fully saturated rings. The first kappa shape index (κ1) is 17.8. The molecule has 23 heavy (non-hydrogen) atoms. The Kier molecular flexibility index (Phi) is 5.07. The first-order valence-electron chi connectivity index (χ1n) is 6.82. The highest BCUT2D eigenvalue weighted by Gasteiger charge is 2.44. The van der Waals surface area contributed by atoms with E-state index in [-0.39, 0.29) is 23.5 Å². The third kappa shape index (κ3) is 3.70. The monoisotopic (exact) mass is 359 g/mol. The van der Waals surface area contributed by atoms with Crippen molar-refractivity contribution in [3.63, 3.8) is 0 Å². The topological polar surface area (TPSA) is 142 Å². The second-order valence-corrected chi connectivity index (χ2v) is 9.30. The Balaban J connectivity index is 2.46. The molecule has 2 atom stereocenters. The predicted octanol–water partition coefficient (Wildman–Crippen LogP) is -1.33. The molecule has 1 saturated heterocycles. The molecule has 0 aromatic heterocycles. The lowest BCUT2D eigenvalue weighted by Crippen LogP contribution is -2.48. The van der Waals surface area contributed by atoms with Crippen LogP contribution in [0.3, 0.4) is 0 Å². The number of hydrogen-bond donors (Lipinski definition) is 2. The molecule has 0 amide bonds. The zero-order chi connectivity index (χ0) is 17.3. The van der Waals surface area contributed by atoms with Crippen LogP contribution in [0, 0.1) is 11.3 Å². The van der Waals surface area contributed by atoms with Crippen molar-refractivity contribution in [3.05, 3.63) is 29.8 Å². The first-order valence-corrected chi connectivity index (χ1v) is 10.1. The third-order valence-corrected chi connectivity index (χ3v) is 7.20. The predicted molar refractivity (Wildman–Crippen MR) is 82.6 cm³/mol. The maximum Gasteiger partial charge on any atom is 0.243 e. The number of rotatable bonds is 5. The Morgan fingerprint density at radius 2 is 2.09 bits per heavy atom. The molecule has 1 aliphatic rings. The van der Waals surface area contributed by atoms with Crippen LogP contribution in [0.1, 0.15) is 5.56 Å². The van der Waals surface area contributed by atoms with Crippen LogP contribution in [0.5, 0.6) is 0 Å². The van der Waals surface area contributed by atoms with E-state index in [1.54, 1.807) is 0 Å². The molecule has 0 aliphatic carbocycles. The number of aliphatic hydroxyl groups excluding tert-OH is 1. The summed E-state index contributed by atoms with van der Waals surface area (Å²) in [5.74, 6) is -0.933. The third-order valence-electron chi connectivity index (χ3n) is 3.58. The fourth-order valence-electron chi connectivity index (χ4n) is 2.54. The standard InChI is InChI=1S/C13H17N3O5S2/c14-4-5-16(12-8-22(18,19)9-13(12)17)23(20,21)11-3-1-2-10(6-11)7-15/h1-3,6,12-13,17H,4-5,8-9,14H2/t12-,13+/m0/s1. The van der Waals surface area contributed by atoms with E-state index in [1.165, 1.54) is 24.3 Å². The van der Waals surface area contributed by atoms with E-state index in [0.29, 0.717) is 0 Å². The van der Waals surface area contributed by atoms with Crippen molar-refractivity contribution < 1.29 is 21.9 Å². The summed E-state index contributed by atoms with van der Waals surface area (Å²) in [7, 11) is -7.60. The van der Waals surface area contributed by atoms with Gasteiger partial charge in [0.05, 0.1) is 40.2 Å². The van der Waals surface area contributed by atoms with Gasteiger partial charge in [-0.05, 0) is 18.2 Å². The van der Waals surface area contributed by atoms with E-state index < -0.39 is 43.5 Å². The van der Waals surface area contributed by atoms with Crippen LogP contribution >= 0.6 is 0 Å². The van der Waals surface area contributed by atoms with Gasteiger partial charge in [-0.2, -0.15) is 9.57 Å². The lowest BCUT2D eigenvalue weighted by molar-refractivity contribution is 0.129. The number of hydrogen-bond acceptors (Lipinski definition) is 7. The smallest absolute Gasteiger partial charge is 0.243 e. The van der Waals surface area contributed by atoms with Gasteiger partial charge in [-0.15, -0.1) is 0 Å². The molecule has 2 rings (SSSR count). The minimum absolute atomic E-state index is 0.0273. The van der Waals surface area contributed by atoms with Gasteiger partial charge in [-0.3, -0.25) is 0 Å². The summed E-state index contributed by atoms with van der Waals surface area (Å²) in [6, 6.07) is 6.17. The maximum absolute atomic E-state index is 12.8. The van der Waals surface area contributed by atoms with Gasteiger partial charge in [-0.25, -0.2) is 16.8 Å². The Bertz CT molecular complexity index is 829. The van der Waals surface area contributed by atoms with E-state index in [2.05, 4.69) is 0 Å². The summed E-state index contributed by atoms with van der Waals surface area (Å²) >= 11 is 0. The van der Waals surface area contributed by atoms with Crippen LogP contribution < -0.4 is 5.73 Å². The van der Waals surface area contributed by atoms with Crippen LogP contribution in [0.4, 0.5) is 0 Å². The lowest BCUT2D eigenvalue weighted by atomic mass is 10.2. The van der Waals surface area contributed by atoms with E-state index in [0.717, 1.165) is 4.31 Å². The average Bonchev–Trinajstić information content (AvgIpc) is 2.77. The van der Waals surface area contributed by atoms with Gasteiger partial charge in [0.1, 0.15) is 0 Å². The Morgan fingerprint density at radius 1 is 1.39 bits per heavy atom. The maximum atomic E-state index is 12.8. The van der Waals surface area contributed by atoms with Crippen LogP contribution in [-0.4, -0.2) is 63.0 Å². The van der Waals surface area contributed by atoms with Crippen molar-refractivity contribution in [1.29, 1.82) is 5.26 Å². The van der Waals surface area contributed by atoms with Gasteiger partial charge in [0.25, 0.3) is 0 Å². The van der Waals surface area contributed by atoms with Gasteiger partial charge in [-0.1, -0.05) is 6.07 Å². The number of nitrogens with zero attached hydrogens (tertiary/aromatic N) is 2. The summed E-state index contributed by atoms with van der Waals surface area (Å²) in [4.78, 5) is -0.138. The van der Waals surface area contributed by atoms with E-state index >= 15 is 0 Å². The quantitative estimate of drug-likeness (QED) is 0.663. The minimum Gasteiger partial charge on any atom is -0.390 e. The van der Waals surface area contributed by atoms with Crippen molar-refractivity contribution in [2.75, 3.05) is 24.6 Å². The van der Waals surface area contributed by atoms with Gasteiger partial charge in [0.2, 0.25) is 10.0 Å². The summed E-state index contributed by atoms with van der Waals surface area (Å²) < 4.78 is 49.8. The van der Waals surface area contributed by atoms with Crippen molar-refractivity contribution in [2.45, 2.75) is 17.0 Å². The molecule has 0 saturated carbocycles. The van der Waals surface area contributed by atoms with Crippen LogP contribution in [0.25, 0.3) is 0 Å². The fourth-order valence-corrected chi connectivity index (χ4v) is 6.15. The first-order chi connectivity index (χ1) is 10.7. The van der Waals surface area contributed by atoms with Gasteiger partial charge >= 0.3 is 0 Å². The molecule has 1 aromatic carbocycles. The molecule has 126 valence electrons. The highest BCUT2D eigenvalue weighted by molar-refractivity contribution is 7.92. The highest BCUT2D eigenvalue weighted by atomic mass is 32.2. The summed E-state index contributed by atoms with van der Waals surface area (Å²) in [5, 5.41) is 18.8. The largest absolute Gasteiger partial charge is 0.390 e. The number of sulfone groups is 1. The molecule has 0 unspecified atom stereocenters. The summed E-state index contributed by atoms with van der Waals surface area (Å²) in [5.41, 5.74) is 5.62. The average molecular weight is 359 g/mol. The summed E-state index contributed by atoms with van der Waals surface area (Å²) in [6.07, 6.45) is -1.31.